The molecule has 18 heavy (non-hydrogen) atoms. The first-order chi connectivity index (χ1) is 8.63. The fourth-order valence-electron chi connectivity index (χ4n) is 1.85. The number of benzene rings is 1. The van der Waals surface area contributed by atoms with Crippen molar-refractivity contribution in [3.05, 3.63) is 23.3 Å². The minimum absolute atomic E-state index is 0.236. The summed E-state index contributed by atoms with van der Waals surface area (Å²) in [5.74, 6) is 0.529. The lowest BCUT2D eigenvalue weighted by atomic mass is 10.0. The number of aliphatic hydroxyl groups excluding tert-OH is 1. The van der Waals surface area contributed by atoms with E-state index in [-0.39, 0.29) is 6.61 Å². The molecule has 1 unspecified atom stereocenters. The first-order valence-corrected chi connectivity index (χ1v) is 5.88. The Morgan fingerprint density at radius 3 is 2.61 bits per heavy atom. The third-order valence-electron chi connectivity index (χ3n) is 2.74. The zero-order valence-corrected chi connectivity index (χ0v) is 10.4. The van der Waals surface area contributed by atoms with Crippen LogP contribution < -0.4 is 9.47 Å². The van der Waals surface area contributed by atoms with E-state index in [9.17, 15) is 9.90 Å². The standard InChI is InChI=1S/C13H16O5/c1-3-16-13(15)12(14)9-7-11-10(6-8(9)2)17-4-5-18-11/h6-7,12,14H,3-5H2,1-2H3. The van der Waals surface area contributed by atoms with Crippen LogP contribution in [0.15, 0.2) is 12.1 Å². The zero-order valence-electron chi connectivity index (χ0n) is 10.4. The molecular formula is C13H16O5. The van der Waals surface area contributed by atoms with Gasteiger partial charge in [-0.15, -0.1) is 0 Å². The zero-order chi connectivity index (χ0) is 13.1. The van der Waals surface area contributed by atoms with Crippen LogP contribution in [0.3, 0.4) is 0 Å². The Hall–Kier alpha value is -1.75. The highest BCUT2D eigenvalue weighted by molar-refractivity contribution is 5.77. The Kier molecular flexibility index (Phi) is 3.72. The number of ether oxygens (including phenoxy) is 3. The van der Waals surface area contributed by atoms with Crippen molar-refractivity contribution in [2.75, 3.05) is 19.8 Å². The van der Waals surface area contributed by atoms with E-state index in [0.29, 0.717) is 30.3 Å². The lowest BCUT2D eigenvalue weighted by Gasteiger charge is -2.21. The molecule has 1 aliphatic heterocycles. The van der Waals surface area contributed by atoms with Gasteiger partial charge in [0, 0.05) is 0 Å². The number of rotatable bonds is 3. The van der Waals surface area contributed by atoms with Crippen molar-refractivity contribution in [2.45, 2.75) is 20.0 Å². The fourth-order valence-corrected chi connectivity index (χ4v) is 1.85. The predicted octanol–water partition coefficient (Wildman–Crippen LogP) is 1.36. The van der Waals surface area contributed by atoms with Crippen molar-refractivity contribution < 1.29 is 24.1 Å². The second kappa shape index (κ2) is 5.27. The first-order valence-electron chi connectivity index (χ1n) is 5.88. The van der Waals surface area contributed by atoms with Crippen LogP contribution >= 0.6 is 0 Å². The van der Waals surface area contributed by atoms with Crippen molar-refractivity contribution in [2.24, 2.45) is 0 Å². The van der Waals surface area contributed by atoms with E-state index in [0.717, 1.165) is 5.56 Å². The molecule has 0 fully saturated rings. The number of aliphatic hydroxyl groups is 1. The summed E-state index contributed by atoms with van der Waals surface area (Å²) in [6.07, 6.45) is -1.29. The average molecular weight is 252 g/mol. The average Bonchev–Trinajstić information content (AvgIpc) is 2.37. The maximum absolute atomic E-state index is 11.5. The summed E-state index contributed by atoms with van der Waals surface area (Å²) >= 11 is 0. The number of carbonyl (C=O) groups is 1. The number of aryl methyl sites for hydroxylation is 1. The summed E-state index contributed by atoms with van der Waals surface area (Å²) in [6.45, 7) is 4.70. The van der Waals surface area contributed by atoms with Crippen molar-refractivity contribution in [3.63, 3.8) is 0 Å². The van der Waals surface area contributed by atoms with Gasteiger partial charge in [0.1, 0.15) is 13.2 Å². The lowest BCUT2D eigenvalue weighted by Crippen LogP contribution is -2.19. The van der Waals surface area contributed by atoms with E-state index >= 15 is 0 Å². The van der Waals surface area contributed by atoms with E-state index in [1.807, 2.05) is 0 Å². The molecule has 0 saturated heterocycles. The van der Waals surface area contributed by atoms with Gasteiger partial charge in [0.25, 0.3) is 0 Å². The Balaban J connectivity index is 2.30. The molecule has 5 heteroatoms. The highest BCUT2D eigenvalue weighted by Gasteiger charge is 2.23. The van der Waals surface area contributed by atoms with Crippen LogP contribution in [0.4, 0.5) is 0 Å². The summed E-state index contributed by atoms with van der Waals surface area (Å²) < 4.78 is 15.6. The summed E-state index contributed by atoms with van der Waals surface area (Å²) in [7, 11) is 0. The van der Waals surface area contributed by atoms with Crippen LogP contribution in [0.25, 0.3) is 0 Å². The molecule has 0 saturated carbocycles. The molecule has 1 aliphatic rings. The quantitative estimate of drug-likeness (QED) is 0.823. The summed E-state index contributed by atoms with van der Waals surface area (Å²) in [6, 6.07) is 3.39. The molecule has 1 atom stereocenters. The van der Waals surface area contributed by atoms with E-state index in [1.54, 1.807) is 26.0 Å². The van der Waals surface area contributed by atoms with E-state index in [1.165, 1.54) is 0 Å². The number of esters is 1. The normalized spacial score (nSPS) is 15.1. The molecule has 0 bridgehead atoms. The van der Waals surface area contributed by atoms with Crippen LogP contribution in [-0.2, 0) is 9.53 Å². The minimum atomic E-state index is -1.29. The molecule has 1 N–H and O–H groups in total. The Bertz CT molecular complexity index is 455. The molecule has 0 radical (unpaired) electrons. The SMILES string of the molecule is CCOC(=O)C(O)c1cc2c(cc1C)OCCO2. The molecule has 0 spiro atoms. The van der Waals surface area contributed by atoms with Crippen LogP contribution in [0.1, 0.15) is 24.2 Å². The fraction of sp³-hybridized carbons (Fsp3) is 0.462. The van der Waals surface area contributed by atoms with Gasteiger partial charge in [0.2, 0.25) is 0 Å². The molecule has 1 aromatic carbocycles. The molecule has 0 amide bonds. The molecule has 0 aromatic heterocycles. The first kappa shape index (κ1) is 12.7. The lowest BCUT2D eigenvalue weighted by molar-refractivity contribution is -0.153. The third kappa shape index (κ3) is 2.41. The number of hydrogen-bond donors (Lipinski definition) is 1. The van der Waals surface area contributed by atoms with Gasteiger partial charge < -0.3 is 19.3 Å². The van der Waals surface area contributed by atoms with Crippen LogP contribution in [0.2, 0.25) is 0 Å². The monoisotopic (exact) mass is 252 g/mol. The van der Waals surface area contributed by atoms with Gasteiger partial charge >= 0.3 is 5.97 Å². The molecule has 0 aliphatic carbocycles. The van der Waals surface area contributed by atoms with Crippen LogP contribution in [0.5, 0.6) is 11.5 Å². The van der Waals surface area contributed by atoms with Crippen molar-refractivity contribution in [1.82, 2.24) is 0 Å². The maximum Gasteiger partial charge on any atom is 0.339 e. The molecule has 5 nitrogen and oxygen atoms in total. The molecular weight excluding hydrogens is 236 g/mol. The highest BCUT2D eigenvalue weighted by atomic mass is 16.6. The topological polar surface area (TPSA) is 65.0 Å². The number of fused-ring (bicyclic) bond motifs is 1. The van der Waals surface area contributed by atoms with Gasteiger partial charge in [-0.05, 0) is 37.1 Å². The van der Waals surface area contributed by atoms with Crippen LogP contribution in [0, 0.1) is 6.92 Å². The summed E-state index contributed by atoms with van der Waals surface area (Å²) in [5, 5.41) is 9.93. The van der Waals surface area contributed by atoms with Gasteiger partial charge in [0.05, 0.1) is 6.61 Å². The molecule has 98 valence electrons. The Morgan fingerprint density at radius 1 is 1.39 bits per heavy atom. The maximum atomic E-state index is 11.5. The van der Waals surface area contributed by atoms with Gasteiger partial charge in [-0.1, -0.05) is 0 Å². The van der Waals surface area contributed by atoms with Gasteiger partial charge in [-0.2, -0.15) is 0 Å². The van der Waals surface area contributed by atoms with Crippen molar-refractivity contribution in [3.8, 4) is 11.5 Å². The van der Waals surface area contributed by atoms with Gasteiger partial charge in [-0.3, -0.25) is 0 Å². The van der Waals surface area contributed by atoms with Gasteiger partial charge in [-0.25, -0.2) is 4.79 Å². The number of carbonyl (C=O) groups excluding carboxylic acids is 1. The van der Waals surface area contributed by atoms with E-state index < -0.39 is 12.1 Å². The van der Waals surface area contributed by atoms with Gasteiger partial charge in [0.15, 0.2) is 17.6 Å². The predicted molar refractivity (Wildman–Crippen MR) is 63.8 cm³/mol. The van der Waals surface area contributed by atoms with Crippen LogP contribution in [-0.4, -0.2) is 30.9 Å². The minimum Gasteiger partial charge on any atom is -0.486 e. The smallest absolute Gasteiger partial charge is 0.339 e. The summed E-state index contributed by atoms with van der Waals surface area (Å²) in [4.78, 5) is 11.5. The second-order valence-electron chi connectivity index (χ2n) is 4.01. The van der Waals surface area contributed by atoms with E-state index in [4.69, 9.17) is 14.2 Å². The van der Waals surface area contributed by atoms with E-state index in [2.05, 4.69) is 0 Å². The highest BCUT2D eigenvalue weighted by Crippen LogP contribution is 2.35. The van der Waals surface area contributed by atoms with Crippen molar-refractivity contribution in [1.29, 1.82) is 0 Å². The number of hydrogen-bond acceptors (Lipinski definition) is 5. The molecule has 1 aromatic rings. The molecule has 1 heterocycles. The second-order valence-corrected chi connectivity index (χ2v) is 4.01. The van der Waals surface area contributed by atoms with Crippen molar-refractivity contribution >= 4 is 5.97 Å². The Morgan fingerprint density at radius 2 is 2.00 bits per heavy atom. The Labute approximate surface area is 105 Å². The molecule has 2 rings (SSSR count). The largest absolute Gasteiger partial charge is 0.486 e. The third-order valence-corrected chi connectivity index (χ3v) is 2.74. The summed E-state index contributed by atoms with van der Waals surface area (Å²) in [5.41, 5.74) is 1.25.